The minimum absolute atomic E-state index is 0.408. The summed E-state index contributed by atoms with van der Waals surface area (Å²) in [6.45, 7) is 11.6. The zero-order valence-electron chi connectivity index (χ0n) is 10.2. The number of hydrogen-bond donors (Lipinski definition) is 2. The van der Waals surface area contributed by atoms with Gasteiger partial charge in [0.1, 0.15) is 0 Å². The van der Waals surface area contributed by atoms with Gasteiger partial charge >= 0.3 is 0 Å². The quantitative estimate of drug-likeness (QED) is 0.525. The smallest absolute Gasteiger partial charge is 0.188 e. The van der Waals surface area contributed by atoms with E-state index in [0.717, 1.165) is 13.0 Å². The van der Waals surface area contributed by atoms with Crippen LogP contribution in [-0.4, -0.2) is 18.5 Å². The average molecular weight is 199 g/mol. The van der Waals surface area contributed by atoms with Gasteiger partial charge in [-0.15, -0.1) is 0 Å². The number of guanidine groups is 1. The average Bonchev–Trinajstić information content (AvgIpc) is 1.98. The Morgan fingerprint density at radius 1 is 1.14 bits per heavy atom. The first-order chi connectivity index (χ1) is 6.41. The molecule has 0 amide bonds. The van der Waals surface area contributed by atoms with Crippen molar-refractivity contribution in [2.45, 2.75) is 47.1 Å². The van der Waals surface area contributed by atoms with Crippen molar-refractivity contribution >= 4 is 5.96 Å². The molecule has 0 aromatic carbocycles. The van der Waals surface area contributed by atoms with E-state index >= 15 is 0 Å². The van der Waals surface area contributed by atoms with Crippen LogP contribution in [0.15, 0.2) is 4.99 Å². The van der Waals surface area contributed by atoms with Crippen molar-refractivity contribution in [1.29, 1.82) is 0 Å². The van der Waals surface area contributed by atoms with Crippen molar-refractivity contribution < 1.29 is 0 Å². The molecule has 0 radical (unpaired) electrons. The Bertz CT molecular complexity index is 173. The Balaban J connectivity index is 3.80. The normalized spacial score (nSPS) is 14.9. The summed E-state index contributed by atoms with van der Waals surface area (Å²) in [5.74, 6) is 1.83. The number of nitrogens with two attached hydrogens (primary N) is 1. The molecule has 3 heteroatoms. The maximum atomic E-state index is 5.74. The van der Waals surface area contributed by atoms with Crippen LogP contribution in [0.5, 0.6) is 0 Å². The molecule has 0 aromatic heterocycles. The van der Waals surface area contributed by atoms with Gasteiger partial charge in [-0.25, -0.2) is 0 Å². The Kier molecular flexibility index (Phi) is 6.34. The fourth-order valence-electron chi connectivity index (χ4n) is 1.35. The first-order valence-corrected chi connectivity index (χ1v) is 5.48. The molecule has 1 atom stereocenters. The predicted molar refractivity (Wildman–Crippen MR) is 63.4 cm³/mol. The topological polar surface area (TPSA) is 50.4 Å². The van der Waals surface area contributed by atoms with Crippen molar-refractivity contribution in [2.75, 3.05) is 6.54 Å². The molecule has 0 heterocycles. The molecular weight excluding hydrogens is 174 g/mol. The lowest BCUT2D eigenvalue weighted by Crippen LogP contribution is -2.39. The van der Waals surface area contributed by atoms with E-state index in [0.29, 0.717) is 23.8 Å². The SMILES string of the molecule is CC(C)CN=C(N)NC(C)CC(C)C. The van der Waals surface area contributed by atoms with Crippen LogP contribution in [0.1, 0.15) is 41.0 Å². The van der Waals surface area contributed by atoms with Crippen LogP contribution in [0.4, 0.5) is 0 Å². The molecule has 3 nitrogen and oxygen atoms in total. The second kappa shape index (κ2) is 6.68. The molecule has 0 rings (SSSR count). The number of aliphatic imine (C=N–C) groups is 1. The molecule has 0 bridgehead atoms. The number of rotatable bonds is 5. The first-order valence-electron chi connectivity index (χ1n) is 5.48. The van der Waals surface area contributed by atoms with Crippen LogP contribution >= 0.6 is 0 Å². The number of hydrogen-bond acceptors (Lipinski definition) is 1. The van der Waals surface area contributed by atoms with Gasteiger partial charge < -0.3 is 11.1 Å². The van der Waals surface area contributed by atoms with Crippen molar-refractivity contribution in [3.8, 4) is 0 Å². The van der Waals surface area contributed by atoms with Gasteiger partial charge in [0.15, 0.2) is 5.96 Å². The van der Waals surface area contributed by atoms with Crippen LogP contribution in [0.3, 0.4) is 0 Å². The Hall–Kier alpha value is -0.730. The summed E-state index contributed by atoms with van der Waals surface area (Å²) < 4.78 is 0. The lowest BCUT2D eigenvalue weighted by atomic mass is 10.1. The Morgan fingerprint density at radius 2 is 1.71 bits per heavy atom. The maximum Gasteiger partial charge on any atom is 0.188 e. The number of nitrogens with zero attached hydrogens (tertiary/aromatic N) is 1. The molecule has 0 aromatic rings. The predicted octanol–water partition coefficient (Wildman–Crippen LogP) is 1.98. The van der Waals surface area contributed by atoms with Crippen LogP contribution in [0.25, 0.3) is 0 Å². The van der Waals surface area contributed by atoms with Crippen molar-refractivity contribution in [3.63, 3.8) is 0 Å². The van der Waals surface area contributed by atoms with Crippen molar-refractivity contribution in [3.05, 3.63) is 0 Å². The van der Waals surface area contributed by atoms with Gasteiger partial charge in [0.2, 0.25) is 0 Å². The molecule has 0 aliphatic heterocycles. The van der Waals surface area contributed by atoms with Crippen molar-refractivity contribution in [1.82, 2.24) is 5.32 Å². The molecule has 0 spiro atoms. The molecule has 14 heavy (non-hydrogen) atoms. The van der Waals surface area contributed by atoms with Gasteiger partial charge in [0.05, 0.1) is 0 Å². The lowest BCUT2D eigenvalue weighted by Gasteiger charge is -2.16. The second-order valence-corrected chi connectivity index (χ2v) is 4.79. The summed E-state index contributed by atoms with van der Waals surface area (Å²) in [4.78, 5) is 4.25. The highest BCUT2D eigenvalue weighted by molar-refractivity contribution is 5.78. The Labute approximate surface area is 88.2 Å². The third-order valence-corrected chi connectivity index (χ3v) is 1.85. The minimum Gasteiger partial charge on any atom is -0.370 e. The third-order valence-electron chi connectivity index (χ3n) is 1.85. The van der Waals surface area contributed by atoms with Gasteiger partial charge in [-0.3, -0.25) is 4.99 Å². The minimum atomic E-state index is 0.408. The van der Waals surface area contributed by atoms with E-state index in [2.05, 4.69) is 44.9 Å². The monoisotopic (exact) mass is 199 g/mol. The summed E-state index contributed by atoms with van der Waals surface area (Å²) in [5.41, 5.74) is 5.74. The Morgan fingerprint density at radius 3 is 2.14 bits per heavy atom. The molecule has 84 valence electrons. The third kappa shape index (κ3) is 7.90. The summed E-state index contributed by atoms with van der Waals surface area (Å²) in [6, 6.07) is 0.408. The molecule has 1 unspecified atom stereocenters. The molecule has 0 fully saturated rings. The highest BCUT2D eigenvalue weighted by Crippen LogP contribution is 2.03. The molecule has 0 aliphatic carbocycles. The molecule has 0 saturated heterocycles. The van der Waals surface area contributed by atoms with E-state index in [9.17, 15) is 0 Å². The van der Waals surface area contributed by atoms with Gasteiger partial charge in [0, 0.05) is 12.6 Å². The van der Waals surface area contributed by atoms with E-state index in [1.54, 1.807) is 0 Å². The molecule has 0 aliphatic rings. The van der Waals surface area contributed by atoms with E-state index in [1.165, 1.54) is 0 Å². The van der Waals surface area contributed by atoms with E-state index in [4.69, 9.17) is 5.73 Å². The summed E-state index contributed by atoms with van der Waals surface area (Å²) in [5, 5.41) is 3.19. The summed E-state index contributed by atoms with van der Waals surface area (Å²) in [7, 11) is 0. The number of nitrogens with one attached hydrogen (secondary N) is 1. The van der Waals surface area contributed by atoms with Crippen LogP contribution in [-0.2, 0) is 0 Å². The fourth-order valence-corrected chi connectivity index (χ4v) is 1.35. The summed E-state index contributed by atoms with van der Waals surface area (Å²) in [6.07, 6.45) is 1.12. The molecule has 0 saturated carbocycles. The highest BCUT2D eigenvalue weighted by Gasteiger charge is 2.05. The van der Waals surface area contributed by atoms with Gasteiger partial charge in [-0.1, -0.05) is 27.7 Å². The lowest BCUT2D eigenvalue weighted by molar-refractivity contribution is 0.489. The zero-order valence-corrected chi connectivity index (χ0v) is 10.2. The van der Waals surface area contributed by atoms with Gasteiger partial charge in [-0.05, 0) is 25.2 Å². The van der Waals surface area contributed by atoms with E-state index < -0.39 is 0 Å². The highest BCUT2D eigenvalue weighted by atomic mass is 15.1. The van der Waals surface area contributed by atoms with Gasteiger partial charge in [0.25, 0.3) is 0 Å². The van der Waals surface area contributed by atoms with Crippen LogP contribution in [0, 0.1) is 11.8 Å². The molecular formula is C11H25N3. The standard InChI is InChI=1S/C11H25N3/c1-8(2)6-10(5)14-11(12)13-7-9(3)4/h8-10H,6-7H2,1-5H3,(H3,12,13,14). The maximum absolute atomic E-state index is 5.74. The summed E-state index contributed by atoms with van der Waals surface area (Å²) >= 11 is 0. The molecule has 3 N–H and O–H groups in total. The van der Waals surface area contributed by atoms with Crippen LogP contribution in [0.2, 0.25) is 0 Å². The fraction of sp³-hybridized carbons (Fsp3) is 0.909. The second-order valence-electron chi connectivity index (χ2n) is 4.79. The largest absolute Gasteiger partial charge is 0.370 e. The first kappa shape index (κ1) is 13.3. The van der Waals surface area contributed by atoms with E-state index in [-0.39, 0.29) is 0 Å². The van der Waals surface area contributed by atoms with Gasteiger partial charge in [-0.2, -0.15) is 0 Å². The van der Waals surface area contributed by atoms with Crippen molar-refractivity contribution in [2.24, 2.45) is 22.6 Å². The zero-order chi connectivity index (χ0) is 11.1. The van der Waals surface area contributed by atoms with E-state index in [1.807, 2.05) is 0 Å². The van der Waals surface area contributed by atoms with Crippen LogP contribution < -0.4 is 11.1 Å².